The molecule has 0 saturated heterocycles. The SMILES string of the molecule is O=C(O)c1cncc(Sc2nnnn2-c2ccccc2)n1. The fourth-order valence-electron chi connectivity index (χ4n) is 1.57. The number of benzene rings is 1. The number of carboxylic acid groups (broad SMARTS) is 1. The van der Waals surface area contributed by atoms with Crippen LogP contribution in [-0.2, 0) is 0 Å². The maximum Gasteiger partial charge on any atom is 0.356 e. The highest BCUT2D eigenvalue weighted by Gasteiger charge is 2.13. The molecule has 0 saturated carbocycles. The Labute approximate surface area is 122 Å². The van der Waals surface area contributed by atoms with E-state index < -0.39 is 5.97 Å². The molecule has 2 heterocycles. The summed E-state index contributed by atoms with van der Waals surface area (Å²) in [6.07, 6.45) is 2.65. The molecular formula is C12H8N6O2S. The third-order valence-corrected chi connectivity index (χ3v) is 3.31. The number of hydrogen-bond acceptors (Lipinski definition) is 7. The number of para-hydroxylation sites is 1. The van der Waals surface area contributed by atoms with Gasteiger partial charge in [-0.1, -0.05) is 18.2 Å². The highest BCUT2D eigenvalue weighted by molar-refractivity contribution is 7.99. The van der Waals surface area contributed by atoms with Crippen molar-refractivity contribution in [1.29, 1.82) is 0 Å². The lowest BCUT2D eigenvalue weighted by atomic mass is 10.3. The van der Waals surface area contributed by atoms with Crippen LogP contribution in [0.25, 0.3) is 5.69 Å². The van der Waals surface area contributed by atoms with Gasteiger partial charge in [0.2, 0.25) is 5.16 Å². The quantitative estimate of drug-likeness (QED) is 0.768. The van der Waals surface area contributed by atoms with E-state index in [0.717, 1.165) is 17.4 Å². The van der Waals surface area contributed by atoms with Gasteiger partial charge in [-0.15, -0.1) is 5.10 Å². The first-order valence-corrected chi connectivity index (χ1v) is 6.62. The minimum Gasteiger partial charge on any atom is -0.476 e. The van der Waals surface area contributed by atoms with E-state index in [-0.39, 0.29) is 5.69 Å². The largest absolute Gasteiger partial charge is 0.476 e. The molecule has 0 unspecified atom stereocenters. The van der Waals surface area contributed by atoms with E-state index in [1.54, 1.807) is 4.68 Å². The molecule has 8 nitrogen and oxygen atoms in total. The van der Waals surface area contributed by atoms with Crippen LogP contribution in [0.2, 0.25) is 0 Å². The Hall–Kier alpha value is -2.81. The Morgan fingerprint density at radius 2 is 2.00 bits per heavy atom. The Morgan fingerprint density at radius 1 is 1.19 bits per heavy atom. The summed E-state index contributed by atoms with van der Waals surface area (Å²) < 4.78 is 1.54. The van der Waals surface area contributed by atoms with E-state index in [9.17, 15) is 4.79 Å². The highest BCUT2D eigenvalue weighted by atomic mass is 32.2. The van der Waals surface area contributed by atoms with Gasteiger partial charge < -0.3 is 5.11 Å². The van der Waals surface area contributed by atoms with Gasteiger partial charge in [0.05, 0.1) is 18.1 Å². The Morgan fingerprint density at radius 3 is 2.76 bits per heavy atom. The third-order valence-electron chi connectivity index (χ3n) is 2.47. The van der Waals surface area contributed by atoms with Gasteiger partial charge in [-0.05, 0) is 34.3 Å². The smallest absolute Gasteiger partial charge is 0.356 e. The van der Waals surface area contributed by atoms with E-state index in [1.807, 2.05) is 30.3 Å². The average molecular weight is 300 g/mol. The zero-order chi connectivity index (χ0) is 14.7. The van der Waals surface area contributed by atoms with Gasteiger partial charge >= 0.3 is 5.97 Å². The number of hydrogen-bond donors (Lipinski definition) is 1. The van der Waals surface area contributed by atoms with Crippen molar-refractivity contribution < 1.29 is 9.90 Å². The maximum atomic E-state index is 10.9. The van der Waals surface area contributed by atoms with Crippen LogP contribution in [0.5, 0.6) is 0 Å². The fraction of sp³-hybridized carbons (Fsp3) is 0. The number of carbonyl (C=O) groups is 1. The maximum absolute atomic E-state index is 10.9. The van der Waals surface area contributed by atoms with E-state index in [4.69, 9.17) is 5.11 Å². The van der Waals surface area contributed by atoms with Crippen molar-refractivity contribution in [2.75, 3.05) is 0 Å². The molecule has 0 amide bonds. The fourth-order valence-corrected chi connectivity index (χ4v) is 2.32. The van der Waals surface area contributed by atoms with Crippen molar-refractivity contribution in [3.05, 3.63) is 48.4 Å². The van der Waals surface area contributed by atoms with Crippen LogP contribution < -0.4 is 0 Å². The van der Waals surface area contributed by atoms with Gasteiger partial charge in [-0.25, -0.2) is 9.78 Å². The molecule has 0 radical (unpaired) electrons. The summed E-state index contributed by atoms with van der Waals surface area (Å²) in [5.74, 6) is -1.13. The molecule has 1 aromatic carbocycles. The van der Waals surface area contributed by atoms with E-state index in [0.29, 0.717) is 10.2 Å². The van der Waals surface area contributed by atoms with Gasteiger partial charge in [-0.2, -0.15) is 4.68 Å². The molecule has 21 heavy (non-hydrogen) atoms. The van der Waals surface area contributed by atoms with Crippen molar-refractivity contribution in [3.63, 3.8) is 0 Å². The zero-order valence-corrected chi connectivity index (χ0v) is 11.3. The van der Waals surface area contributed by atoms with Crippen LogP contribution in [0.15, 0.2) is 52.9 Å². The molecule has 1 N–H and O–H groups in total. The third kappa shape index (κ3) is 2.87. The van der Waals surface area contributed by atoms with E-state index >= 15 is 0 Å². The molecule has 0 bridgehead atoms. The second kappa shape index (κ2) is 5.67. The molecule has 0 aliphatic rings. The molecular weight excluding hydrogens is 292 g/mol. The van der Waals surface area contributed by atoms with E-state index in [2.05, 4.69) is 25.5 Å². The van der Waals surface area contributed by atoms with Gasteiger partial charge in [-0.3, -0.25) is 4.98 Å². The average Bonchev–Trinajstić information content (AvgIpc) is 2.96. The van der Waals surface area contributed by atoms with Gasteiger partial charge in [0.25, 0.3) is 0 Å². The van der Waals surface area contributed by atoms with Crippen LogP contribution in [0.3, 0.4) is 0 Å². The standard InChI is InChI=1S/C12H8N6O2S/c19-11(20)9-6-13-7-10(14-9)21-12-15-16-17-18(12)8-4-2-1-3-5-8/h1-7H,(H,19,20). The second-order valence-corrected chi connectivity index (χ2v) is 4.85. The van der Waals surface area contributed by atoms with Crippen molar-refractivity contribution >= 4 is 17.7 Å². The van der Waals surface area contributed by atoms with Crippen LogP contribution in [0.4, 0.5) is 0 Å². The molecule has 104 valence electrons. The Kier molecular flexibility index (Phi) is 3.56. The first-order valence-electron chi connectivity index (χ1n) is 5.81. The lowest BCUT2D eigenvalue weighted by Gasteiger charge is -2.03. The molecule has 0 aliphatic carbocycles. The summed E-state index contributed by atoms with van der Waals surface area (Å²) in [5, 5.41) is 21.2. The summed E-state index contributed by atoms with van der Waals surface area (Å²) in [7, 11) is 0. The van der Waals surface area contributed by atoms with Crippen LogP contribution in [-0.4, -0.2) is 41.3 Å². The van der Waals surface area contributed by atoms with Gasteiger partial charge in [0.15, 0.2) is 5.69 Å². The van der Waals surface area contributed by atoms with Crippen molar-refractivity contribution in [2.24, 2.45) is 0 Å². The van der Waals surface area contributed by atoms with Crippen LogP contribution in [0.1, 0.15) is 10.5 Å². The summed E-state index contributed by atoms with van der Waals surface area (Å²) in [6, 6.07) is 9.36. The molecule has 3 rings (SSSR count). The van der Waals surface area contributed by atoms with Crippen LogP contribution >= 0.6 is 11.8 Å². The first-order chi connectivity index (χ1) is 10.2. The van der Waals surface area contributed by atoms with Gasteiger partial charge in [0.1, 0.15) is 5.03 Å². The molecule has 3 aromatic rings. The Bertz CT molecular complexity index is 776. The number of aromatic nitrogens is 6. The minimum atomic E-state index is -1.13. The minimum absolute atomic E-state index is 0.126. The topological polar surface area (TPSA) is 107 Å². The number of tetrazole rings is 1. The number of rotatable bonds is 4. The number of nitrogens with zero attached hydrogens (tertiary/aromatic N) is 6. The predicted molar refractivity (Wildman–Crippen MR) is 72.3 cm³/mol. The lowest BCUT2D eigenvalue weighted by molar-refractivity contribution is 0.0689. The molecule has 0 aliphatic heterocycles. The van der Waals surface area contributed by atoms with Gasteiger partial charge in [0, 0.05) is 0 Å². The summed E-state index contributed by atoms with van der Waals surface area (Å²) in [4.78, 5) is 18.7. The molecule has 9 heteroatoms. The summed E-state index contributed by atoms with van der Waals surface area (Å²) in [6.45, 7) is 0. The normalized spacial score (nSPS) is 10.5. The second-order valence-electron chi connectivity index (χ2n) is 3.86. The lowest BCUT2D eigenvalue weighted by Crippen LogP contribution is -2.02. The molecule has 0 spiro atoms. The van der Waals surface area contributed by atoms with Crippen molar-refractivity contribution in [3.8, 4) is 5.69 Å². The summed E-state index contributed by atoms with van der Waals surface area (Å²) >= 11 is 1.14. The van der Waals surface area contributed by atoms with Crippen LogP contribution in [0, 0.1) is 0 Å². The van der Waals surface area contributed by atoms with Crippen molar-refractivity contribution in [2.45, 2.75) is 10.2 Å². The molecule has 0 atom stereocenters. The Balaban J connectivity index is 1.92. The monoisotopic (exact) mass is 300 g/mol. The first kappa shape index (κ1) is 13.2. The summed E-state index contributed by atoms with van der Waals surface area (Å²) in [5.41, 5.74) is 0.672. The van der Waals surface area contributed by atoms with E-state index in [1.165, 1.54) is 12.4 Å². The number of aromatic carboxylic acids is 1. The number of carboxylic acids is 1. The highest BCUT2D eigenvalue weighted by Crippen LogP contribution is 2.24. The molecule has 0 fully saturated rings. The zero-order valence-electron chi connectivity index (χ0n) is 10.5. The predicted octanol–water partition coefficient (Wildman–Crippen LogP) is 1.30. The van der Waals surface area contributed by atoms with Crippen molar-refractivity contribution in [1.82, 2.24) is 30.2 Å². The molecule has 2 aromatic heterocycles.